The number of carbonyl (C=O) groups excluding carboxylic acids is 2. The highest BCUT2D eigenvalue weighted by atomic mass is 32.2. The summed E-state index contributed by atoms with van der Waals surface area (Å²) in [5.74, 6) is 0.584. The summed E-state index contributed by atoms with van der Waals surface area (Å²) in [4.78, 5) is 34.9. The Morgan fingerprint density at radius 3 is 2.56 bits per heavy atom. The lowest BCUT2D eigenvalue weighted by atomic mass is 10.1. The van der Waals surface area contributed by atoms with E-state index in [1.54, 1.807) is 23.4 Å². The molecule has 4 aromatic rings. The van der Waals surface area contributed by atoms with Gasteiger partial charge in [0.05, 0.1) is 5.75 Å². The van der Waals surface area contributed by atoms with Gasteiger partial charge >= 0.3 is 0 Å². The summed E-state index contributed by atoms with van der Waals surface area (Å²) in [5.41, 5.74) is 8.24. The first-order valence-electron chi connectivity index (χ1n) is 10.8. The van der Waals surface area contributed by atoms with Crippen molar-refractivity contribution in [3.8, 4) is 17.1 Å². The van der Waals surface area contributed by atoms with E-state index in [4.69, 9.17) is 5.73 Å². The van der Waals surface area contributed by atoms with E-state index in [0.717, 1.165) is 29.7 Å². The lowest BCUT2D eigenvalue weighted by Gasteiger charge is -2.28. The first-order chi connectivity index (χ1) is 16.6. The molecule has 5 rings (SSSR count). The summed E-state index contributed by atoms with van der Waals surface area (Å²) in [7, 11) is 0. The number of anilines is 1. The minimum Gasteiger partial charge on any atom is -0.364 e. The van der Waals surface area contributed by atoms with Crippen molar-refractivity contribution in [2.24, 2.45) is 5.73 Å². The predicted molar refractivity (Wildman–Crippen MR) is 129 cm³/mol. The maximum Gasteiger partial charge on any atom is 0.267 e. The van der Waals surface area contributed by atoms with E-state index in [1.165, 1.54) is 11.8 Å². The molecule has 170 valence electrons. The van der Waals surface area contributed by atoms with Crippen LogP contribution in [0.5, 0.6) is 0 Å². The van der Waals surface area contributed by atoms with E-state index >= 15 is 0 Å². The van der Waals surface area contributed by atoms with E-state index in [9.17, 15) is 9.59 Å². The number of primary amides is 1. The first kappa shape index (κ1) is 21.8. The first-order valence-corrected chi connectivity index (χ1v) is 11.7. The average Bonchev–Trinajstić information content (AvgIpc) is 3.31. The van der Waals surface area contributed by atoms with Gasteiger partial charge in [-0.15, -0.1) is 10.2 Å². The highest BCUT2D eigenvalue weighted by molar-refractivity contribution is 7.99. The second-order valence-corrected chi connectivity index (χ2v) is 8.64. The van der Waals surface area contributed by atoms with Crippen molar-refractivity contribution in [2.75, 3.05) is 17.2 Å². The normalized spacial score (nSPS) is 12.9. The topological polar surface area (TPSA) is 120 Å². The third-order valence-electron chi connectivity index (χ3n) is 5.50. The van der Waals surface area contributed by atoms with Gasteiger partial charge in [-0.1, -0.05) is 36.0 Å². The van der Waals surface area contributed by atoms with Crippen molar-refractivity contribution in [2.45, 2.75) is 18.0 Å². The number of aromatic nitrogens is 5. The minimum atomic E-state index is -0.616. The van der Waals surface area contributed by atoms with Gasteiger partial charge in [0, 0.05) is 30.2 Å². The summed E-state index contributed by atoms with van der Waals surface area (Å²) in [6, 6.07) is 16.9. The van der Waals surface area contributed by atoms with Crippen LogP contribution in [0.25, 0.3) is 17.1 Å². The standard InChI is InChI=1S/C24H21N7O2S/c25-21(33)19-9-8-16-5-4-14-30(22(16)27-19)20(32)15-34-24-29-28-23(17-10-12-26-13-11-17)31(24)18-6-2-1-3-7-18/h1-3,6-13H,4-5,14-15H2,(H2,25,33). The fraction of sp³-hybridized carbons (Fsp3) is 0.167. The molecule has 3 aromatic heterocycles. The molecule has 0 spiro atoms. The number of pyridine rings is 2. The van der Waals surface area contributed by atoms with Crippen molar-refractivity contribution in [3.63, 3.8) is 0 Å². The number of hydrogen-bond acceptors (Lipinski definition) is 7. The van der Waals surface area contributed by atoms with Crippen molar-refractivity contribution in [3.05, 3.63) is 78.2 Å². The summed E-state index contributed by atoms with van der Waals surface area (Å²) in [6.07, 6.45) is 5.04. The number of carbonyl (C=O) groups is 2. The minimum absolute atomic E-state index is 0.117. The fourth-order valence-electron chi connectivity index (χ4n) is 3.89. The van der Waals surface area contributed by atoms with Gasteiger partial charge in [0.2, 0.25) is 5.91 Å². The molecule has 0 aliphatic carbocycles. The fourth-order valence-corrected chi connectivity index (χ4v) is 4.71. The zero-order chi connectivity index (χ0) is 23.5. The molecule has 1 aromatic carbocycles. The van der Waals surface area contributed by atoms with Crippen molar-refractivity contribution < 1.29 is 9.59 Å². The Hall–Kier alpha value is -4.05. The van der Waals surface area contributed by atoms with Gasteiger partial charge in [-0.25, -0.2) is 4.98 Å². The monoisotopic (exact) mass is 471 g/mol. The van der Waals surface area contributed by atoms with Gasteiger partial charge in [-0.05, 0) is 48.7 Å². The van der Waals surface area contributed by atoms with Crippen LogP contribution >= 0.6 is 11.8 Å². The number of thioether (sulfide) groups is 1. The maximum absolute atomic E-state index is 13.2. The Bertz CT molecular complexity index is 1340. The molecular weight excluding hydrogens is 450 g/mol. The lowest BCUT2D eigenvalue weighted by molar-refractivity contribution is -0.116. The lowest BCUT2D eigenvalue weighted by Crippen LogP contribution is -2.38. The van der Waals surface area contributed by atoms with Crippen LogP contribution in [0.15, 0.2) is 72.1 Å². The Morgan fingerprint density at radius 1 is 1.00 bits per heavy atom. The Balaban J connectivity index is 1.43. The number of nitrogens with two attached hydrogens (primary N) is 1. The van der Waals surface area contributed by atoms with E-state index < -0.39 is 5.91 Å². The number of para-hydroxylation sites is 1. The number of fused-ring (bicyclic) bond motifs is 1. The SMILES string of the molecule is NC(=O)c1ccc2c(n1)N(C(=O)CSc1nnc(-c3ccncc3)n1-c1ccccc1)CCC2. The number of rotatable bonds is 6. The van der Waals surface area contributed by atoms with Gasteiger partial charge in [0.25, 0.3) is 5.91 Å². The van der Waals surface area contributed by atoms with E-state index in [1.807, 2.05) is 53.1 Å². The molecule has 0 unspecified atom stereocenters. The van der Waals surface area contributed by atoms with Crippen LogP contribution in [0.3, 0.4) is 0 Å². The van der Waals surface area contributed by atoms with Crippen LogP contribution in [-0.4, -0.2) is 48.8 Å². The Morgan fingerprint density at radius 2 is 1.79 bits per heavy atom. The number of hydrogen-bond donors (Lipinski definition) is 1. The summed E-state index contributed by atoms with van der Waals surface area (Å²) in [5, 5.41) is 9.37. The molecular formula is C24H21N7O2S. The van der Waals surface area contributed by atoms with Crippen LogP contribution in [0.2, 0.25) is 0 Å². The van der Waals surface area contributed by atoms with Gasteiger partial charge < -0.3 is 5.73 Å². The molecule has 0 saturated carbocycles. The van der Waals surface area contributed by atoms with E-state index in [0.29, 0.717) is 23.3 Å². The second kappa shape index (κ2) is 9.44. The molecule has 1 aliphatic heterocycles. The quantitative estimate of drug-likeness (QED) is 0.429. The molecule has 9 nitrogen and oxygen atoms in total. The summed E-state index contributed by atoms with van der Waals surface area (Å²) in [6.45, 7) is 0.537. The molecule has 0 fully saturated rings. The van der Waals surface area contributed by atoms with E-state index in [-0.39, 0.29) is 17.4 Å². The number of nitrogens with zero attached hydrogens (tertiary/aromatic N) is 6. The Kier molecular flexibility index (Phi) is 6.05. The third kappa shape index (κ3) is 4.27. The molecule has 1 aliphatic rings. The molecule has 0 bridgehead atoms. The molecule has 2 N–H and O–H groups in total. The summed E-state index contributed by atoms with van der Waals surface area (Å²) < 4.78 is 1.93. The van der Waals surface area contributed by atoms with Crippen LogP contribution in [-0.2, 0) is 11.2 Å². The molecule has 0 radical (unpaired) electrons. The molecule has 0 saturated heterocycles. The van der Waals surface area contributed by atoms with Gasteiger partial charge in [-0.3, -0.25) is 24.0 Å². The van der Waals surface area contributed by atoms with E-state index in [2.05, 4.69) is 20.2 Å². The summed E-state index contributed by atoms with van der Waals surface area (Å²) >= 11 is 1.31. The van der Waals surface area contributed by atoms with Gasteiger partial charge in [0.1, 0.15) is 11.5 Å². The average molecular weight is 472 g/mol. The number of aryl methyl sites for hydroxylation is 1. The highest BCUT2D eigenvalue weighted by Gasteiger charge is 2.26. The smallest absolute Gasteiger partial charge is 0.267 e. The van der Waals surface area contributed by atoms with Gasteiger partial charge in [-0.2, -0.15) is 0 Å². The van der Waals surface area contributed by atoms with Crippen molar-refractivity contribution >= 4 is 29.4 Å². The molecule has 10 heteroatoms. The zero-order valence-corrected chi connectivity index (χ0v) is 19.0. The predicted octanol–water partition coefficient (Wildman–Crippen LogP) is 2.89. The third-order valence-corrected chi connectivity index (χ3v) is 6.42. The second-order valence-electron chi connectivity index (χ2n) is 7.69. The molecule has 34 heavy (non-hydrogen) atoms. The van der Waals surface area contributed by atoms with Gasteiger partial charge in [0.15, 0.2) is 11.0 Å². The largest absolute Gasteiger partial charge is 0.364 e. The highest BCUT2D eigenvalue weighted by Crippen LogP contribution is 2.30. The van der Waals surface area contributed by atoms with Crippen LogP contribution in [0, 0.1) is 0 Å². The van der Waals surface area contributed by atoms with Crippen molar-refractivity contribution in [1.82, 2.24) is 24.7 Å². The molecule has 2 amide bonds. The zero-order valence-electron chi connectivity index (χ0n) is 18.2. The van der Waals surface area contributed by atoms with Crippen LogP contribution in [0.4, 0.5) is 5.82 Å². The molecule has 0 atom stereocenters. The number of amides is 2. The van der Waals surface area contributed by atoms with Crippen LogP contribution < -0.4 is 10.6 Å². The molecule has 4 heterocycles. The van der Waals surface area contributed by atoms with Crippen molar-refractivity contribution in [1.29, 1.82) is 0 Å². The maximum atomic E-state index is 13.2. The number of benzene rings is 1. The Labute approximate surface area is 200 Å². The van der Waals surface area contributed by atoms with Crippen LogP contribution in [0.1, 0.15) is 22.5 Å².